The van der Waals surface area contributed by atoms with Gasteiger partial charge in [-0.25, -0.2) is 0 Å². The summed E-state index contributed by atoms with van der Waals surface area (Å²) in [4.78, 5) is 0. The van der Waals surface area contributed by atoms with Crippen molar-refractivity contribution in [1.82, 2.24) is 0 Å². The molecule has 2 N–H and O–H groups in total. The van der Waals surface area contributed by atoms with Crippen molar-refractivity contribution in [2.45, 2.75) is 26.2 Å². The van der Waals surface area contributed by atoms with Crippen molar-refractivity contribution < 1.29 is 9.47 Å². The van der Waals surface area contributed by atoms with Gasteiger partial charge in [-0.2, -0.15) is 0 Å². The number of benzene rings is 1. The predicted molar refractivity (Wildman–Crippen MR) is 70.7 cm³/mol. The molecule has 1 aromatic rings. The molecule has 3 nitrogen and oxygen atoms in total. The maximum absolute atomic E-state index is 5.55. The maximum Gasteiger partial charge on any atom is 0.125 e. The number of aryl methyl sites for hydroxylation is 1. The van der Waals surface area contributed by atoms with E-state index < -0.39 is 0 Å². The van der Waals surface area contributed by atoms with Gasteiger partial charge in [-0.1, -0.05) is 13.0 Å². The fraction of sp³-hybridized carbons (Fsp3) is 0.571. The molecule has 17 heavy (non-hydrogen) atoms. The molecule has 0 bridgehead atoms. The van der Waals surface area contributed by atoms with Crippen LogP contribution in [0.15, 0.2) is 18.2 Å². The molecule has 1 atom stereocenters. The van der Waals surface area contributed by atoms with Gasteiger partial charge in [-0.05, 0) is 43.4 Å². The van der Waals surface area contributed by atoms with Gasteiger partial charge in [0, 0.05) is 6.07 Å². The van der Waals surface area contributed by atoms with Crippen LogP contribution in [-0.2, 0) is 6.42 Å². The minimum Gasteiger partial charge on any atom is -0.497 e. The van der Waals surface area contributed by atoms with Crippen LogP contribution in [0.4, 0.5) is 0 Å². The first kappa shape index (κ1) is 13.8. The number of hydrogen-bond acceptors (Lipinski definition) is 3. The molecule has 0 saturated heterocycles. The first-order valence-electron chi connectivity index (χ1n) is 6.12. The lowest BCUT2D eigenvalue weighted by molar-refractivity contribution is 0.389. The van der Waals surface area contributed by atoms with Crippen LogP contribution in [0.2, 0.25) is 0 Å². The smallest absolute Gasteiger partial charge is 0.125 e. The second kappa shape index (κ2) is 7.17. The van der Waals surface area contributed by atoms with Gasteiger partial charge >= 0.3 is 0 Å². The molecule has 3 heteroatoms. The van der Waals surface area contributed by atoms with Crippen LogP contribution >= 0.6 is 0 Å². The Morgan fingerprint density at radius 1 is 1.18 bits per heavy atom. The molecule has 0 fully saturated rings. The monoisotopic (exact) mass is 237 g/mol. The average molecular weight is 237 g/mol. The van der Waals surface area contributed by atoms with Crippen LogP contribution in [0.3, 0.4) is 0 Å². The quantitative estimate of drug-likeness (QED) is 0.793. The van der Waals surface area contributed by atoms with Gasteiger partial charge in [0.2, 0.25) is 0 Å². The molecule has 1 rings (SSSR count). The highest BCUT2D eigenvalue weighted by Gasteiger charge is 2.07. The topological polar surface area (TPSA) is 44.5 Å². The van der Waals surface area contributed by atoms with E-state index in [0.717, 1.165) is 37.3 Å². The predicted octanol–water partition coefficient (Wildman–Crippen LogP) is 2.62. The Bertz CT molecular complexity index is 339. The Morgan fingerprint density at radius 2 is 1.94 bits per heavy atom. The third kappa shape index (κ3) is 4.27. The Balaban J connectivity index is 2.63. The summed E-state index contributed by atoms with van der Waals surface area (Å²) in [7, 11) is 3.36. The van der Waals surface area contributed by atoms with Gasteiger partial charge < -0.3 is 15.2 Å². The second-order valence-electron chi connectivity index (χ2n) is 4.40. The first-order chi connectivity index (χ1) is 8.21. The highest BCUT2D eigenvalue weighted by Crippen LogP contribution is 2.26. The third-order valence-corrected chi connectivity index (χ3v) is 3.06. The van der Waals surface area contributed by atoms with Gasteiger partial charge in [-0.15, -0.1) is 0 Å². The molecule has 0 amide bonds. The van der Waals surface area contributed by atoms with E-state index in [2.05, 4.69) is 13.0 Å². The average Bonchev–Trinajstić information content (AvgIpc) is 2.36. The Morgan fingerprint density at radius 3 is 2.53 bits per heavy atom. The van der Waals surface area contributed by atoms with Crippen molar-refractivity contribution in [3.05, 3.63) is 23.8 Å². The fourth-order valence-electron chi connectivity index (χ4n) is 1.89. The van der Waals surface area contributed by atoms with E-state index in [1.165, 1.54) is 5.56 Å². The second-order valence-corrected chi connectivity index (χ2v) is 4.40. The van der Waals surface area contributed by atoms with Crippen molar-refractivity contribution in [3.8, 4) is 11.5 Å². The molecule has 0 aliphatic rings. The summed E-state index contributed by atoms with van der Waals surface area (Å²) in [6, 6.07) is 5.99. The summed E-state index contributed by atoms with van der Waals surface area (Å²) < 4.78 is 10.6. The lowest BCUT2D eigenvalue weighted by Crippen LogP contribution is -2.07. The first-order valence-corrected chi connectivity index (χ1v) is 6.12. The zero-order valence-electron chi connectivity index (χ0n) is 11.0. The minimum absolute atomic E-state index is 0.659. The van der Waals surface area contributed by atoms with E-state index in [9.17, 15) is 0 Å². The van der Waals surface area contributed by atoms with E-state index >= 15 is 0 Å². The Kier molecular flexibility index (Phi) is 5.84. The maximum atomic E-state index is 5.55. The van der Waals surface area contributed by atoms with Crippen LogP contribution in [0.5, 0.6) is 11.5 Å². The van der Waals surface area contributed by atoms with Gasteiger partial charge in [0.25, 0.3) is 0 Å². The van der Waals surface area contributed by atoms with Crippen LogP contribution < -0.4 is 15.2 Å². The minimum atomic E-state index is 0.659. The largest absolute Gasteiger partial charge is 0.497 e. The van der Waals surface area contributed by atoms with Crippen LogP contribution in [-0.4, -0.2) is 20.8 Å². The standard InChI is InChI=1S/C14H23NO2/c1-11(8-9-15)4-5-12-6-7-13(16-2)10-14(12)17-3/h6-7,10-11H,4-5,8-9,15H2,1-3H3. The van der Waals surface area contributed by atoms with Crippen molar-refractivity contribution in [3.63, 3.8) is 0 Å². The lowest BCUT2D eigenvalue weighted by Gasteiger charge is -2.13. The molecule has 0 aliphatic heterocycles. The van der Waals surface area contributed by atoms with Gasteiger partial charge in [0.1, 0.15) is 11.5 Å². The van der Waals surface area contributed by atoms with Crippen LogP contribution in [0.1, 0.15) is 25.3 Å². The van der Waals surface area contributed by atoms with Crippen LogP contribution in [0.25, 0.3) is 0 Å². The van der Waals surface area contributed by atoms with E-state index in [1.54, 1.807) is 14.2 Å². The van der Waals surface area contributed by atoms with E-state index in [0.29, 0.717) is 5.92 Å². The molecule has 0 aliphatic carbocycles. The molecule has 0 spiro atoms. The Hall–Kier alpha value is -1.22. The molecular weight excluding hydrogens is 214 g/mol. The lowest BCUT2D eigenvalue weighted by atomic mass is 9.98. The normalized spacial score (nSPS) is 12.2. The van der Waals surface area contributed by atoms with Gasteiger partial charge in [0.05, 0.1) is 14.2 Å². The number of ether oxygens (including phenoxy) is 2. The molecule has 0 aromatic heterocycles. The fourth-order valence-corrected chi connectivity index (χ4v) is 1.89. The summed E-state index contributed by atoms with van der Waals surface area (Å²) >= 11 is 0. The van der Waals surface area contributed by atoms with E-state index in [-0.39, 0.29) is 0 Å². The summed E-state index contributed by atoms with van der Waals surface area (Å²) in [6.07, 6.45) is 3.24. The summed E-state index contributed by atoms with van der Waals surface area (Å²) in [5, 5.41) is 0. The molecule has 0 radical (unpaired) electrons. The third-order valence-electron chi connectivity index (χ3n) is 3.06. The van der Waals surface area contributed by atoms with Crippen LogP contribution in [0, 0.1) is 5.92 Å². The van der Waals surface area contributed by atoms with Crippen molar-refractivity contribution in [1.29, 1.82) is 0 Å². The van der Waals surface area contributed by atoms with E-state index in [4.69, 9.17) is 15.2 Å². The zero-order chi connectivity index (χ0) is 12.7. The molecular formula is C14H23NO2. The summed E-state index contributed by atoms with van der Waals surface area (Å²) in [5.41, 5.74) is 6.78. The number of nitrogens with two attached hydrogens (primary N) is 1. The zero-order valence-corrected chi connectivity index (χ0v) is 11.0. The molecule has 0 heterocycles. The highest BCUT2D eigenvalue weighted by molar-refractivity contribution is 5.40. The van der Waals surface area contributed by atoms with Crippen molar-refractivity contribution in [2.24, 2.45) is 11.7 Å². The van der Waals surface area contributed by atoms with E-state index in [1.807, 2.05) is 12.1 Å². The molecule has 1 unspecified atom stereocenters. The number of hydrogen-bond donors (Lipinski definition) is 1. The number of rotatable bonds is 7. The summed E-state index contributed by atoms with van der Waals surface area (Å²) in [5.74, 6) is 2.40. The Labute approximate surface area is 104 Å². The van der Waals surface area contributed by atoms with Crippen molar-refractivity contribution in [2.75, 3.05) is 20.8 Å². The SMILES string of the molecule is COc1ccc(CCC(C)CCN)c(OC)c1. The summed E-state index contributed by atoms with van der Waals surface area (Å²) in [6.45, 7) is 3.00. The van der Waals surface area contributed by atoms with Crippen molar-refractivity contribution >= 4 is 0 Å². The number of methoxy groups -OCH3 is 2. The molecule has 0 saturated carbocycles. The highest BCUT2D eigenvalue weighted by atomic mass is 16.5. The van der Waals surface area contributed by atoms with Gasteiger partial charge in [-0.3, -0.25) is 0 Å². The molecule has 96 valence electrons. The van der Waals surface area contributed by atoms with Gasteiger partial charge in [0.15, 0.2) is 0 Å². The molecule has 1 aromatic carbocycles.